The third kappa shape index (κ3) is 5.51. The third-order valence-electron chi connectivity index (χ3n) is 17.7. The van der Waals surface area contributed by atoms with Crippen LogP contribution < -0.4 is 63.9 Å². The summed E-state index contributed by atoms with van der Waals surface area (Å²) in [5, 5.41) is 2.58. The van der Waals surface area contributed by atoms with Crippen LogP contribution >= 0.6 is 0 Å². The fourth-order valence-corrected chi connectivity index (χ4v) is 14.9. The van der Waals surface area contributed by atoms with Gasteiger partial charge >= 0.3 is 0 Å². The smallest absolute Gasteiger partial charge is 0.252 e. The Labute approximate surface area is 444 Å². The fraction of sp³-hybridized carbons (Fsp3) is 0.0435. The molecule has 12 aromatic rings. The zero-order chi connectivity index (χ0) is 50.1. The number of benzene rings is 11. The van der Waals surface area contributed by atoms with Crippen LogP contribution in [0.5, 0.6) is 0 Å². The maximum Gasteiger partial charge on any atom is 0.252 e. The highest BCUT2D eigenvalue weighted by atomic mass is 15.2. The molecule has 0 atom stereocenters. The molecule has 0 bridgehead atoms. The molecule has 11 aromatic carbocycles. The van der Waals surface area contributed by atoms with Gasteiger partial charge in [-0.15, -0.1) is 0 Å². The lowest BCUT2D eigenvalue weighted by molar-refractivity contribution is 1.17. The molecule has 0 fully saturated rings. The molecule has 352 valence electrons. The van der Waals surface area contributed by atoms with Gasteiger partial charge < -0.3 is 19.3 Å². The van der Waals surface area contributed by atoms with E-state index in [2.05, 4.69) is 271 Å². The van der Waals surface area contributed by atoms with Gasteiger partial charge in [-0.2, -0.15) is 0 Å². The van der Waals surface area contributed by atoms with Crippen molar-refractivity contribution in [3.63, 3.8) is 0 Å². The Hall–Kier alpha value is -9.19. The highest BCUT2D eigenvalue weighted by Gasteiger charge is 2.52. The number of nitrogens with zero attached hydrogens (tertiary/aromatic N) is 4. The van der Waals surface area contributed by atoms with Crippen molar-refractivity contribution in [3.8, 4) is 16.8 Å². The van der Waals surface area contributed by atoms with E-state index in [0.29, 0.717) is 0 Å². The lowest BCUT2D eigenvalue weighted by Crippen LogP contribution is -2.69. The summed E-state index contributed by atoms with van der Waals surface area (Å²) in [4.78, 5) is 7.85. The van der Waals surface area contributed by atoms with E-state index in [0.717, 1.165) is 11.4 Å². The SMILES string of the molecule is Cc1cc(C)c(B2c3ccccc3N(c3ccccc3)c3cc4c(cc32)B2c3ccc(-c5ccccc5)cc3N3c5ccccc5B5c6c(cc(c2c63)N4c2ccccc2)-n2c3ccccc3c3cccc5c32)c(C)c1. The summed E-state index contributed by atoms with van der Waals surface area (Å²) < 4.78 is 2.62. The summed E-state index contributed by atoms with van der Waals surface area (Å²) in [5.74, 6) is 0. The van der Waals surface area contributed by atoms with E-state index in [1.54, 1.807) is 0 Å². The first-order valence-corrected chi connectivity index (χ1v) is 26.9. The molecule has 5 aliphatic rings. The quantitative estimate of drug-likeness (QED) is 0.163. The van der Waals surface area contributed by atoms with Crippen LogP contribution in [0.3, 0.4) is 0 Å². The van der Waals surface area contributed by atoms with Gasteiger partial charge in [0.25, 0.3) is 13.4 Å². The lowest BCUT2D eigenvalue weighted by Gasteiger charge is -2.50. The molecule has 0 aliphatic carbocycles. The molecule has 0 N–H and O–H groups in total. The van der Waals surface area contributed by atoms with Crippen LogP contribution in [-0.4, -0.2) is 24.7 Å². The summed E-state index contributed by atoms with van der Waals surface area (Å²) in [6.45, 7) is 6.79. The van der Waals surface area contributed by atoms with E-state index in [4.69, 9.17) is 0 Å². The van der Waals surface area contributed by atoms with E-state index < -0.39 is 0 Å². The Morgan fingerprint density at radius 2 is 0.803 bits per heavy atom. The van der Waals surface area contributed by atoms with Gasteiger partial charge in [0, 0.05) is 73.2 Å². The van der Waals surface area contributed by atoms with Gasteiger partial charge in [-0.1, -0.05) is 192 Å². The van der Waals surface area contributed by atoms with Crippen LogP contribution in [0.2, 0.25) is 0 Å². The van der Waals surface area contributed by atoms with E-state index in [9.17, 15) is 0 Å². The molecule has 0 saturated heterocycles. The van der Waals surface area contributed by atoms with E-state index in [-0.39, 0.29) is 20.1 Å². The largest absolute Gasteiger partial charge is 0.312 e. The molecule has 17 rings (SSSR count). The molecule has 0 radical (unpaired) electrons. The second-order valence-corrected chi connectivity index (χ2v) is 21.7. The van der Waals surface area contributed by atoms with Crippen LogP contribution in [0.4, 0.5) is 51.2 Å². The zero-order valence-corrected chi connectivity index (χ0v) is 42.5. The summed E-state index contributed by atoms with van der Waals surface area (Å²) in [6, 6.07) is 87.7. The summed E-state index contributed by atoms with van der Waals surface area (Å²) >= 11 is 0. The first-order valence-electron chi connectivity index (χ1n) is 26.9. The number of aromatic nitrogens is 1. The van der Waals surface area contributed by atoms with Gasteiger partial charge in [-0.3, -0.25) is 0 Å². The fourth-order valence-electron chi connectivity index (χ4n) is 14.9. The number of fused-ring (bicyclic) bond motifs is 15. The van der Waals surface area contributed by atoms with Crippen LogP contribution in [0, 0.1) is 20.8 Å². The molecular formula is C69H47B3N4. The van der Waals surface area contributed by atoms with E-state index >= 15 is 0 Å². The first kappa shape index (κ1) is 42.2. The normalized spacial score (nSPS) is 13.8. The average Bonchev–Trinajstić information content (AvgIpc) is 3.99. The minimum absolute atomic E-state index is 0.0114. The number of hydrogen-bond acceptors (Lipinski definition) is 3. The van der Waals surface area contributed by atoms with Crippen LogP contribution in [0.1, 0.15) is 16.7 Å². The first-order chi connectivity index (χ1) is 37.5. The number of para-hydroxylation sites is 6. The maximum absolute atomic E-state index is 2.68. The van der Waals surface area contributed by atoms with Crippen molar-refractivity contribution < 1.29 is 0 Å². The van der Waals surface area contributed by atoms with E-state index in [1.165, 1.54) is 144 Å². The number of anilines is 9. The average molecular weight is 965 g/mol. The Morgan fingerprint density at radius 3 is 1.50 bits per heavy atom. The molecule has 7 heteroatoms. The third-order valence-corrected chi connectivity index (χ3v) is 17.7. The van der Waals surface area contributed by atoms with Crippen LogP contribution in [0.25, 0.3) is 38.6 Å². The predicted molar refractivity (Wildman–Crippen MR) is 325 cm³/mol. The van der Waals surface area contributed by atoms with Crippen molar-refractivity contribution in [3.05, 3.63) is 247 Å². The Kier molecular flexibility index (Phi) is 8.57. The molecule has 0 amide bonds. The van der Waals surface area contributed by atoms with Gasteiger partial charge in [0.1, 0.15) is 0 Å². The second-order valence-electron chi connectivity index (χ2n) is 21.7. The lowest BCUT2D eigenvalue weighted by atomic mass is 9.28. The van der Waals surface area contributed by atoms with Crippen molar-refractivity contribution in [1.82, 2.24) is 4.57 Å². The van der Waals surface area contributed by atoms with Crippen LogP contribution in [0.15, 0.2) is 231 Å². The maximum atomic E-state index is 2.68. The minimum Gasteiger partial charge on any atom is -0.312 e. The highest BCUT2D eigenvalue weighted by Crippen LogP contribution is 2.49. The molecule has 6 heterocycles. The van der Waals surface area contributed by atoms with Crippen LogP contribution in [-0.2, 0) is 0 Å². The van der Waals surface area contributed by atoms with Gasteiger partial charge in [0.05, 0.1) is 5.52 Å². The predicted octanol–water partition coefficient (Wildman–Crippen LogP) is 10.9. The van der Waals surface area contributed by atoms with Gasteiger partial charge in [-0.05, 0) is 136 Å². The topological polar surface area (TPSA) is 14.7 Å². The van der Waals surface area contributed by atoms with Crippen molar-refractivity contribution >= 4 is 142 Å². The zero-order valence-electron chi connectivity index (χ0n) is 42.5. The Morgan fingerprint density at radius 1 is 0.303 bits per heavy atom. The van der Waals surface area contributed by atoms with Crippen molar-refractivity contribution in [1.29, 1.82) is 0 Å². The van der Waals surface area contributed by atoms with Crippen molar-refractivity contribution in [2.24, 2.45) is 0 Å². The molecular weight excluding hydrogens is 917 g/mol. The van der Waals surface area contributed by atoms with Gasteiger partial charge in [0.15, 0.2) is 0 Å². The second kappa shape index (κ2) is 15.4. The minimum atomic E-state index is -0.0978. The summed E-state index contributed by atoms with van der Waals surface area (Å²) in [6.07, 6.45) is 0. The summed E-state index contributed by atoms with van der Waals surface area (Å²) in [5.41, 5.74) is 33.2. The standard InChI is InChI=1S/C69H47B3N4/c1-42-36-43(2)65(44(3)37-42)71-51-28-14-17-32-58(51)73(47-22-9-5-10-23-47)61-40-62-56(39-55(61)71)72-53-35-34-46(45-20-7-4-8-21-45)38-60(53)76-59-33-18-15-29-52(59)70-54-30-19-27-50-49-26-13-16-31-57(49)75(68(50)54)64-41-63(66(72)69(76)67(64)70)74(62)48-24-11-6-12-25-48/h4-41H,1-3H3. The Balaban J connectivity index is 1.05. The highest BCUT2D eigenvalue weighted by molar-refractivity contribution is 7.05. The number of rotatable bonds is 4. The molecule has 5 aliphatic heterocycles. The molecule has 0 spiro atoms. The molecule has 4 nitrogen and oxygen atoms in total. The molecule has 1 aromatic heterocycles. The Bertz CT molecular complexity index is 4470. The molecule has 76 heavy (non-hydrogen) atoms. The van der Waals surface area contributed by atoms with Gasteiger partial charge in [0.2, 0.25) is 6.71 Å². The number of hydrogen-bond donors (Lipinski definition) is 0. The number of aryl methyl sites for hydroxylation is 3. The summed E-state index contributed by atoms with van der Waals surface area (Å²) in [7, 11) is 0. The van der Waals surface area contributed by atoms with Crippen molar-refractivity contribution in [2.45, 2.75) is 20.8 Å². The molecule has 0 saturated carbocycles. The van der Waals surface area contributed by atoms with Gasteiger partial charge in [-0.25, -0.2) is 0 Å². The van der Waals surface area contributed by atoms with Crippen molar-refractivity contribution in [2.75, 3.05) is 14.7 Å². The molecule has 0 unspecified atom stereocenters. The monoisotopic (exact) mass is 964 g/mol. The van der Waals surface area contributed by atoms with E-state index in [1.807, 2.05) is 0 Å².